The molecule has 8 heteroatoms. The van der Waals surface area contributed by atoms with Crippen molar-refractivity contribution < 1.29 is 14.3 Å². The molecule has 3 aliphatic rings. The predicted molar refractivity (Wildman–Crippen MR) is 114 cm³/mol. The minimum Gasteiger partial charge on any atom is -0.441 e. The first kappa shape index (κ1) is 20.0. The quantitative estimate of drug-likeness (QED) is 0.755. The number of ether oxygens (including phenoxy) is 1. The molecule has 2 aliphatic heterocycles. The summed E-state index contributed by atoms with van der Waals surface area (Å²) in [5, 5.41) is 4.51. The van der Waals surface area contributed by atoms with Crippen LogP contribution >= 0.6 is 0 Å². The van der Waals surface area contributed by atoms with E-state index >= 15 is 0 Å². The maximum Gasteiger partial charge on any atom is 0.410 e. The first-order valence-electron chi connectivity index (χ1n) is 11.3. The van der Waals surface area contributed by atoms with Gasteiger partial charge in [-0.05, 0) is 56.7 Å². The van der Waals surface area contributed by atoms with Gasteiger partial charge in [-0.25, -0.2) is 4.79 Å². The standard InChI is InChI=1S/C23H29N5O3/c29-21(16-27-14-8-20(25-27)18-5-4-11-24-15-18)26-12-6-19(7-13-26)28-17-23(31-22(28)30)9-2-1-3-10-23/h4-5,8,11,14-15,19H,1-3,6-7,9-10,12-13,16-17H2. The minimum absolute atomic E-state index is 0.0621. The fourth-order valence-corrected chi connectivity index (χ4v) is 5.17. The van der Waals surface area contributed by atoms with Gasteiger partial charge < -0.3 is 14.5 Å². The third-order valence-electron chi connectivity index (χ3n) is 6.91. The van der Waals surface area contributed by atoms with Crippen LogP contribution in [0, 0.1) is 0 Å². The van der Waals surface area contributed by atoms with Gasteiger partial charge in [0.05, 0.1) is 12.2 Å². The largest absolute Gasteiger partial charge is 0.441 e. The zero-order valence-corrected chi connectivity index (χ0v) is 17.8. The topological polar surface area (TPSA) is 80.6 Å². The lowest BCUT2D eigenvalue weighted by atomic mass is 9.84. The van der Waals surface area contributed by atoms with Crippen LogP contribution in [-0.2, 0) is 16.1 Å². The lowest BCUT2D eigenvalue weighted by molar-refractivity contribution is -0.133. The van der Waals surface area contributed by atoms with Gasteiger partial charge in [-0.1, -0.05) is 6.42 Å². The Balaban J connectivity index is 1.14. The van der Waals surface area contributed by atoms with Crippen LogP contribution in [-0.4, -0.2) is 67.8 Å². The summed E-state index contributed by atoms with van der Waals surface area (Å²) >= 11 is 0. The molecule has 4 heterocycles. The highest BCUT2D eigenvalue weighted by Gasteiger charge is 2.48. The fourth-order valence-electron chi connectivity index (χ4n) is 5.17. The van der Waals surface area contributed by atoms with Gasteiger partial charge in [0.2, 0.25) is 5.91 Å². The monoisotopic (exact) mass is 423 g/mol. The van der Waals surface area contributed by atoms with Crippen LogP contribution in [0.25, 0.3) is 11.3 Å². The second-order valence-corrected chi connectivity index (χ2v) is 8.99. The number of nitrogens with zero attached hydrogens (tertiary/aromatic N) is 5. The van der Waals surface area contributed by atoms with Crippen molar-refractivity contribution in [2.24, 2.45) is 0 Å². The number of carbonyl (C=O) groups excluding carboxylic acids is 2. The first-order chi connectivity index (χ1) is 15.1. The van der Waals surface area contributed by atoms with Gasteiger partial charge in [-0.2, -0.15) is 5.10 Å². The molecule has 0 atom stereocenters. The Kier molecular flexibility index (Phi) is 5.38. The van der Waals surface area contributed by atoms with Crippen LogP contribution in [0.4, 0.5) is 4.79 Å². The smallest absolute Gasteiger partial charge is 0.410 e. The molecule has 8 nitrogen and oxygen atoms in total. The molecule has 2 aromatic rings. The highest BCUT2D eigenvalue weighted by atomic mass is 16.6. The number of aromatic nitrogens is 3. The molecule has 1 saturated carbocycles. The Morgan fingerprint density at radius 3 is 2.71 bits per heavy atom. The molecule has 5 rings (SSSR count). The van der Waals surface area contributed by atoms with Crippen molar-refractivity contribution >= 4 is 12.0 Å². The van der Waals surface area contributed by atoms with Gasteiger partial charge in [-0.15, -0.1) is 0 Å². The molecule has 1 aliphatic carbocycles. The van der Waals surface area contributed by atoms with E-state index in [1.807, 2.05) is 34.2 Å². The van der Waals surface area contributed by atoms with Crippen molar-refractivity contribution in [3.05, 3.63) is 36.8 Å². The summed E-state index contributed by atoms with van der Waals surface area (Å²) in [6.45, 7) is 2.27. The van der Waals surface area contributed by atoms with E-state index in [1.165, 1.54) is 6.42 Å². The molecule has 0 unspecified atom stereocenters. The fraction of sp³-hybridized carbons (Fsp3) is 0.565. The van der Waals surface area contributed by atoms with E-state index < -0.39 is 0 Å². The van der Waals surface area contributed by atoms with E-state index in [9.17, 15) is 9.59 Å². The summed E-state index contributed by atoms with van der Waals surface area (Å²) in [7, 11) is 0. The Morgan fingerprint density at radius 2 is 1.97 bits per heavy atom. The molecule has 0 aromatic carbocycles. The molecule has 2 aromatic heterocycles. The molecule has 3 fully saturated rings. The zero-order valence-electron chi connectivity index (χ0n) is 17.8. The van der Waals surface area contributed by atoms with E-state index in [2.05, 4.69) is 10.1 Å². The highest BCUT2D eigenvalue weighted by Crippen LogP contribution is 2.38. The van der Waals surface area contributed by atoms with E-state index in [0.29, 0.717) is 13.1 Å². The maximum atomic E-state index is 12.8. The summed E-state index contributed by atoms with van der Waals surface area (Å²) in [5.41, 5.74) is 1.49. The van der Waals surface area contributed by atoms with Crippen molar-refractivity contribution in [2.45, 2.75) is 63.1 Å². The normalized spacial score (nSPS) is 21.5. The molecule has 0 radical (unpaired) electrons. The SMILES string of the molecule is O=C(Cn1ccc(-c2cccnc2)n1)N1CCC(N2CC3(CCCCC3)OC2=O)CC1. The summed E-state index contributed by atoms with van der Waals surface area (Å²) < 4.78 is 7.52. The van der Waals surface area contributed by atoms with Crippen molar-refractivity contribution in [3.63, 3.8) is 0 Å². The lowest BCUT2D eigenvalue weighted by Gasteiger charge is -2.36. The van der Waals surface area contributed by atoms with Crippen LogP contribution in [0.2, 0.25) is 0 Å². The first-order valence-corrected chi connectivity index (χ1v) is 11.3. The van der Waals surface area contributed by atoms with Gasteiger partial charge in [0.15, 0.2) is 0 Å². The molecule has 2 saturated heterocycles. The average Bonchev–Trinajstić information content (AvgIpc) is 3.39. The van der Waals surface area contributed by atoms with Gasteiger partial charge in [-0.3, -0.25) is 14.5 Å². The van der Waals surface area contributed by atoms with E-state index in [0.717, 1.165) is 56.3 Å². The second kappa shape index (κ2) is 8.32. The number of piperidine rings is 1. The Labute approximate surface area is 182 Å². The van der Waals surface area contributed by atoms with Crippen LogP contribution in [0.3, 0.4) is 0 Å². The van der Waals surface area contributed by atoms with E-state index in [-0.39, 0.29) is 30.2 Å². The molecule has 0 bridgehead atoms. The predicted octanol–water partition coefficient (Wildman–Crippen LogP) is 3.09. The van der Waals surface area contributed by atoms with E-state index in [1.54, 1.807) is 17.1 Å². The van der Waals surface area contributed by atoms with Crippen LogP contribution in [0.15, 0.2) is 36.8 Å². The second-order valence-electron chi connectivity index (χ2n) is 8.99. The van der Waals surface area contributed by atoms with Gasteiger partial charge in [0, 0.05) is 43.3 Å². The molecule has 31 heavy (non-hydrogen) atoms. The zero-order chi connectivity index (χ0) is 21.3. The Hall–Kier alpha value is -2.90. The number of carbonyl (C=O) groups is 2. The van der Waals surface area contributed by atoms with E-state index in [4.69, 9.17) is 4.74 Å². The lowest BCUT2D eigenvalue weighted by Crippen LogP contribution is -2.48. The number of rotatable bonds is 4. The summed E-state index contributed by atoms with van der Waals surface area (Å²) in [5.74, 6) is 0.0621. The Morgan fingerprint density at radius 1 is 1.16 bits per heavy atom. The summed E-state index contributed by atoms with van der Waals surface area (Å²) in [6, 6.07) is 5.89. The van der Waals surface area contributed by atoms with Gasteiger partial charge in [0.1, 0.15) is 12.1 Å². The molecule has 1 spiro atoms. The van der Waals surface area contributed by atoms with Crippen molar-refractivity contribution in [3.8, 4) is 11.3 Å². The Bertz CT molecular complexity index is 930. The molecule has 0 N–H and O–H groups in total. The molecule has 164 valence electrons. The van der Waals surface area contributed by atoms with Crippen LogP contribution in [0.1, 0.15) is 44.9 Å². The number of hydrogen-bond donors (Lipinski definition) is 0. The minimum atomic E-state index is -0.256. The van der Waals surface area contributed by atoms with Crippen molar-refractivity contribution in [1.29, 1.82) is 0 Å². The summed E-state index contributed by atoms with van der Waals surface area (Å²) in [6.07, 6.45) is 12.3. The van der Waals surface area contributed by atoms with Gasteiger partial charge in [0.25, 0.3) is 0 Å². The molecule has 2 amide bonds. The maximum absolute atomic E-state index is 12.8. The highest BCUT2D eigenvalue weighted by molar-refractivity contribution is 5.76. The molecular formula is C23H29N5O3. The number of amides is 2. The van der Waals surface area contributed by atoms with Crippen molar-refractivity contribution in [2.75, 3.05) is 19.6 Å². The van der Waals surface area contributed by atoms with Gasteiger partial charge >= 0.3 is 6.09 Å². The third-order valence-corrected chi connectivity index (χ3v) is 6.91. The molecular weight excluding hydrogens is 394 g/mol. The van der Waals surface area contributed by atoms with Crippen molar-refractivity contribution in [1.82, 2.24) is 24.6 Å². The number of hydrogen-bond acceptors (Lipinski definition) is 5. The third kappa shape index (κ3) is 4.16. The number of pyridine rings is 1. The number of likely N-dealkylation sites (tertiary alicyclic amines) is 1. The average molecular weight is 424 g/mol. The van der Waals surface area contributed by atoms with Crippen LogP contribution < -0.4 is 0 Å². The summed E-state index contributed by atoms with van der Waals surface area (Å²) in [4.78, 5) is 33.3. The van der Waals surface area contributed by atoms with Crippen LogP contribution in [0.5, 0.6) is 0 Å².